The van der Waals surface area contributed by atoms with Gasteiger partial charge in [-0.3, -0.25) is 5.41 Å². The third-order valence-corrected chi connectivity index (χ3v) is 6.32. The molecule has 0 aliphatic rings. The van der Waals surface area contributed by atoms with Crippen molar-refractivity contribution in [1.82, 2.24) is 9.97 Å². The zero-order chi connectivity index (χ0) is 25.4. The lowest BCUT2D eigenvalue weighted by atomic mass is 9.84. The Morgan fingerprint density at radius 3 is 2.41 bits per heavy atom. The van der Waals surface area contributed by atoms with Crippen LogP contribution in [0.1, 0.15) is 33.3 Å². The Labute approximate surface area is 198 Å². The summed E-state index contributed by atoms with van der Waals surface area (Å²) in [7, 11) is -3.94. The van der Waals surface area contributed by atoms with Gasteiger partial charge in [-0.05, 0) is 65.4 Å². The third-order valence-electron chi connectivity index (χ3n) is 5.41. The number of aromatic nitrogens is 2. The molecule has 34 heavy (non-hydrogen) atoms. The van der Waals surface area contributed by atoms with Crippen molar-refractivity contribution < 1.29 is 13.5 Å². The minimum Gasteiger partial charge on any atom is -0.507 e. The van der Waals surface area contributed by atoms with Gasteiger partial charge in [-0.1, -0.05) is 39.5 Å². The van der Waals surface area contributed by atoms with Crippen LogP contribution in [0.5, 0.6) is 5.75 Å². The highest BCUT2D eigenvalue weighted by molar-refractivity contribution is 7.89. The van der Waals surface area contributed by atoms with Crippen molar-refractivity contribution in [3.8, 4) is 28.3 Å². The first kappa shape index (κ1) is 24.9. The van der Waals surface area contributed by atoms with Crippen molar-refractivity contribution in [2.24, 2.45) is 10.9 Å². The predicted molar refractivity (Wildman–Crippen MR) is 136 cm³/mol. The Balaban J connectivity index is 2.25. The molecule has 0 spiro atoms. The van der Waals surface area contributed by atoms with Crippen LogP contribution in [-0.2, 0) is 15.4 Å². The fourth-order valence-corrected chi connectivity index (χ4v) is 3.81. The smallest absolute Gasteiger partial charge is 0.238 e. The van der Waals surface area contributed by atoms with E-state index in [-0.39, 0.29) is 21.9 Å². The second kappa shape index (κ2) is 8.92. The minimum absolute atomic E-state index is 0.0262. The summed E-state index contributed by atoms with van der Waals surface area (Å²) in [6.07, 6.45) is 3.43. The van der Waals surface area contributed by atoms with Crippen molar-refractivity contribution in [1.29, 1.82) is 5.41 Å². The van der Waals surface area contributed by atoms with Crippen molar-refractivity contribution in [3.63, 3.8) is 0 Å². The predicted octanol–water partition coefficient (Wildman–Crippen LogP) is 2.47. The minimum atomic E-state index is -3.94. The monoisotopic (exact) mass is 479 g/mol. The van der Waals surface area contributed by atoms with Gasteiger partial charge in [-0.2, -0.15) is 0 Å². The molecule has 0 saturated carbocycles. The largest absolute Gasteiger partial charge is 0.507 e. The number of primary sulfonamides is 1. The molecule has 0 aliphatic heterocycles. The van der Waals surface area contributed by atoms with Gasteiger partial charge >= 0.3 is 0 Å². The van der Waals surface area contributed by atoms with E-state index in [2.05, 4.69) is 37.3 Å². The summed E-state index contributed by atoms with van der Waals surface area (Å²) in [5.41, 5.74) is 8.51. The Bertz CT molecular complexity index is 1530. The summed E-state index contributed by atoms with van der Waals surface area (Å²) in [5.74, 6) is 0.460. The van der Waals surface area contributed by atoms with Crippen LogP contribution in [0, 0.1) is 5.41 Å². The third kappa shape index (κ3) is 5.44. The highest BCUT2D eigenvalue weighted by Crippen LogP contribution is 2.36. The molecule has 1 aromatic heterocycles. The second-order valence-corrected chi connectivity index (χ2v) is 10.7. The molecule has 0 bridgehead atoms. The number of sulfonamides is 1. The maximum atomic E-state index is 11.9. The van der Waals surface area contributed by atoms with Gasteiger partial charge in [0.15, 0.2) is 0 Å². The van der Waals surface area contributed by atoms with E-state index in [0.29, 0.717) is 33.2 Å². The number of phenolic OH excluding ortho intramolecular Hbond substituents is 1. The topological polar surface area (TPSA) is 159 Å². The number of nitrogens with zero attached hydrogens (tertiary/aromatic N) is 1. The molecule has 3 aromatic rings. The van der Waals surface area contributed by atoms with E-state index < -0.39 is 10.0 Å². The van der Waals surface area contributed by atoms with E-state index in [0.717, 1.165) is 11.1 Å². The second-order valence-electron chi connectivity index (χ2n) is 9.15. The van der Waals surface area contributed by atoms with Crippen LogP contribution in [0.3, 0.4) is 0 Å². The van der Waals surface area contributed by atoms with Gasteiger partial charge in [0.05, 0.1) is 15.6 Å². The van der Waals surface area contributed by atoms with Crippen LogP contribution in [0.15, 0.2) is 52.9 Å². The van der Waals surface area contributed by atoms with Gasteiger partial charge in [0.25, 0.3) is 0 Å². The lowest BCUT2D eigenvalue weighted by molar-refractivity contribution is 0.477. The molecule has 0 atom stereocenters. The highest BCUT2D eigenvalue weighted by atomic mass is 32.2. The number of amidine groups is 1. The van der Waals surface area contributed by atoms with Gasteiger partial charge in [-0.15, -0.1) is 0 Å². The number of nitrogens with two attached hydrogens (primary N) is 2. The van der Waals surface area contributed by atoms with E-state index in [9.17, 15) is 13.5 Å². The molecule has 178 valence electrons. The van der Waals surface area contributed by atoms with Crippen LogP contribution in [0.2, 0.25) is 0 Å². The van der Waals surface area contributed by atoms with Crippen LogP contribution in [0.4, 0.5) is 0 Å². The van der Waals surface area contributed by atoms with Gasteiger partial charge in [0, 0.05) is 11.1 Å². The Hall–Kier alpha value is -3.69. The average Bonchev–Trinajstić information content (AvgIpc) is 3.11. The number of allylic oxidation sites excluding steroid dienone is 1. The standard InChI is InChI=1S/C25H29N5O3S/c1-14(23(26)27)6-8-21-15(2)29-24(30-21)17-10-16(11-18(12-17)25(3,4)5)20-13-19(34(28,32)33)7-9-22(20)31/h6-13,31H,2H2,1,3-5H3,(H3,26,27)(H,29,30)(H2,28,32,33)/b14-6+,21-8+. The van der Waals surface area contributed by atoms with Crippen molar-refractivity contribution in [2.75, 3.05) is 0 Å². The molecular weight excluding hydrogens is 450 g/mol. The molecule has 0 amide bonds. The zero-order valence-corrected chi connectivity index (χ0v) is 20.4. The molecule has 0 unspecified atom stereocenters. The number of aromatic hydroxyl groups is 1. The van der Waals surface area contributed by atoms with Gasteiger partial charge < -0.3 is 15.8 Å². The highest BCUT2D eigenvalue weighted by Gasteiger charge is 2.19. The first-order valence-electron chi connectivity index (χ1n) is 10.5. The summed E-state index contributed by atoms with van der Waals surface area (Å²) in [6, 6.07) is 9.66. The number of H-pyrrole nitrogens is 1. The Kier molecular flexibility index (Phi) is 6.55. The summed E-state index contributed by atoms with van der Waals surface area (Å²) < 4.78 is 23.8. The molecule has 9 heteroatoms. The quantitative estimate of drug-likeness (QED) is 0.280. The van der Waals surface area contributed by atoms with Crippen LogP contribution in [0.25, 0.3) is 35.2 Å². The van der Waals surface area contributed by atoms with Crippen LogP contribution >= 0.6 is 0 Å². The van der Waals surface area contributed by atoms with Crippen LogP contribution in [-0.4, -0.2) is 29.3 Å². The number of hydrogen-bond acceptors (Lipinski definition) is 5. The lowest BCUT2D eigenvalue weighted by Gasteiger charge is -2.21. The molecule has 0 saturated heterocycles. The maximum absolute atomic E-state index is 11.9. The zero-order valence-electron chi connectivity index (χ0n) is 19.6. The van der Waals surface area contributed by atoms with E-state index in [1.165, 1.54) is 18.2 Å². The van der Waals surface area contributed by atoms with E-state index >= 15 is 0 Å². The fraction of sp³-hybridized carbons (Fsp3) is 0.200. The first-order valence-corrected chi connectivity index (χ1v) is 12.0. The summed E-state index contributed by atoms with van der Waals surface area (Å²) in [6.45, 7) is 11.9. The SMILES string of the molecule is C=c1[nH]c(-c2cc(-c3cc(S(N)(=O)=O)ccc3O)cc(C(C)(C)C)c2)n/c1=C/C=C(\C)C(=N)N. The lowest BCUT2D eigenvalue weighted by Crippen LogP contribution is -2.22. The Morgan fingerprint density at radius 2 is 1.82 bits per heavy atom. The summed E-state index contributed by atoms with van der Waals surface area (Å²) >= 11 is 0. The molecule has 0 fully saturated rings. The molecular formula is C25H29N5O3S. The molecule has 0 radical (unpaired) electrons. The van der Waals surface area contributed by atoms with Crippen molar-refractivity contribution in [3.05, 3.63) is 64.3 Å². The number of nitrogens with one attached hydrogen (secondary N) is 2. The molecule has 7 N–H and O–H groups in total. The summed E-state index contributed by atoms with van der Waals surface area (Å²) in [5, 5.41) is 24.5. The Morgan fingerprint density at radius 1 is 1.18 bits per heavy atom. The molecule has 2 aromatic carbocycles. The van der Waals surface area contributed by atoms with Crippen molar-refractivity contribution in [2.45, 2.75) is 38.0 Å². The molecule has 3 rings (SSSR count). The van der Waals surface area contributed by atoms with Gasteiger partial charge in [0.2, 0.25) is 10.0 Å². The first-order chi connectivity index (χ1) is 15.7. The molecule has 0 aliphatic carbocycles. The maximum Gasteiger partial charge on any atom is 0.238 e. The van der Waals surface area contributed by atoms with E-state index in [4.69, 9.17) is 16.3 Å². The number of imidazole rings is 1. The van der Waals surface area contributed by atoms with Gasteiger partial charge in [0.1, 0.15) is 17.4 Å². The molecule has 8 nitrogen and oxygen atoms in total. The summed E-state index contributed by atoms with van der Waals surface area (Å²) in [4.78, 5) is 7.72. The average molecular weight is 480 g/mol. The van der Waals surface area contributed by atoms with Crippen LogP contribution < -0.4 is 21.6 Å². The normalized spacial score (nSPS) is 13.3. The number of benzene rings is 2. The number of aromatic amines is 1. The number of phenols is 1. The number of hydrogen-bond donors (Lipinski definition) is 5. The van der Waals surface area contributed by atoms with Gasteiger partial charge in [-0.25, -0.2) is 18.5 Å². The van der Waals surface area contributed by atoms with Crippen molar-refractivity contribution >= 4 is 28.5 Å². The molecule has 1 heterocycles. The number of rotatable bonds is 5. The fourth-order valence-electron chi connectivity index (χ4n) is 3.27. The van der Waals surface area contributed by atoms with E-state index in [1.807, 2.05) is 18.2 Å². The van der Waals surface area contributed by atoms with E-state index in [1.54, 1.807) is 19.1 Å².